The highest BCUT2D eigenvalue weighted by Crippen LogP contribution is 2.45. The number of carboxylic acid groups (broad SMARTS) is 1. The van der Waals surface area contributed by atoms with Crippen LogP contribution in [0.3, 0.4) is 0 Å². The van der Waals surface area contributed by atoms with Gasteiger partial charge in [0.25, 0.3) is 5.91 Å². The Kier molecular flexibility index (Phi) is 4.52. The average molecular weight is 425 g/mol. The fraction of sp³-hybridized carbons (Fsp3) is 0.0800. The summed E-state index contributed by atoms with van der Waals surface area (Å²) < 4.78 is 0. The molecular formula is C25H19N3O4. The molecule has 3 N–H and O–H groups in total. The number of hydrogen-bond donors (Lipinski definition) is 3. The quantitative estimate of drug-likeness (QED) is 0.445. The number of fused-ring (bicyclic) bond motifs is 1. The minimum Gasteiger partial charge on any atom is -0.508 e. The van der Waals surface area contributed by atoms with Gasteiger partial charge < -0.3 is 10.2 Å². The largest absolute Gasteiger partial charge is 0.508 e. The number of phenolic OH excluding ortho intramolecular Hbond substituents is 1. The fourth-order valence-corrected chi connectivity index (χ4v) is 4.12. The number of aromatic hydroxyl groups is 1. The summed E-state index contributed by atoms with van der Waals surface area (Å²) in [6.45, 7) is 2.00. The number of amides is 1. The molecule has 1 aliphatic rings. The van der Waals surface area contributed by atoms with Gasteiger partial charge in [-0.3, -0.25) is 14.8 Å². The number of H-pyrrole nitrogens is 1. The van der Waals surface area contributed by atoms with Crippen LogP contribution in [0.25, 0.3) is 11.3 Å². The molecule has 1 aliphatic heterocycles. The molecule has 3 aromatic carbocycles. The van der Waals surface area contributed by atoms with Gasteiger partial charge in [0, 0.05) is 16.8 Å². The summed E-state index contributed by atoms with van der Waals surface area (Å²) in [4.78, 5) is 26.3. The van der Waals surface area contributed by atoms with Crippen LogP contribution in [0.1, 0.15) is 43.6 Å². The first-order valence-corrected chi connectivity index (χ1v) is 10.0. The van der Waals surface area contributed by atoms with Crippen molar-refractivity contribution < 1.29 is 19.8 Å². The maximum Gasteiger partial charge on any atom is 0.335 e. The van der Waals surface area contributed by atoms with Crippen LogP contribution in [0.2, 0.25) is 0 Å². The SMILES string of the molecule is Cc1ccc(-c2n[nH]c3c2[C@@H](c2cccc(O)c2)N(c2ccc(C(=O)O)cc2)C3=O)cc1. The first-order chi connectivity index (χ1) is 15.4. The third-order valence-electron chi connectivity index (χ3n) is 5.67. The number of anilines is 1. The van der Waals surface area contributed by atoms with Crippen LogP contribution in [-0.4, -0.2) is 32.3 Å². The van der Waals surface area contributed by atoms with Crippen LogP contribution < -0.4 is 4.90 Å². The minimum atomic E-state index is -1.04. The molecule has 0 aliphatic carbocycles. The van der Waals surface area contributed by atoms with E-state index in [0.717, 1.165) is 11.1 Å². The van der Waals surface area contributed by atoms with Crippen LogP contribution in [0.5, 0.6) is 5.75 Å². The van der Waals surface area contributed by atoms with Gasteiger partial charge in [-0.15, -0.1) is 0 Å². The molecule has 4 aromatic rings. The molecule has 0 saturated carbocycles. The van der Waals surface area contributed by atoms with E-state index >= 15 is 0 Å². The first-order valence-electron chi connectivity index (χ1n) is 10.0. The van der Waals surface area contributed by atoms with Gasteiger partial charge in [0.05, 0.1) is 17.3 Å². The number of aromatic carboxylic acids is 1. The Balaban J connectivity index is 1.69. The molecule has 0 fully saturated rings. The third kappa shape index (κ3) is 3.11. The summed E-state index contributed by atoms with van der Waals surface area (Å²) in [6.07, 6.45) is 0. The number of nitrogens with one attached hydrogen (secondary N) is 1. The molecule has 32 heavy (non-hydrogen) atoms. The summed E-state index contributed by atoms with van der Waals surface area (Å²) >= 11 is 0. The number of carboxylic acids is 1. The number of aromatic nitrogens is 2. The van der Waals surface area contributed by atoms with Crippen molar-refractivity contribution in [3.63, 3.8) is 0 Å². The van der Waals surface area contributed by atoms with Gasteiger partial charge in [-0.1, -0.05) is 42.0 Å². The minimum absolute atomic E-state index is 0.0879. The topological polar surface area (TPSA) is 107 Å². The molecule has 158 valence electrons. The molecule has 7 nitrogen and oxygen atoms in total. The van der Waals surface area contributed by atoms with Gasteiger partial charge in [-0.2, -0.15) is 5.10 Å². The van der Waals surface area contributed by atoms with Crippen molar-refractivity contribution in [2.75, 3.05) is 4.90 Å². The maximum absolute atomic E-state index is 13.5. The molecule has 1 aromatic heterocycles. The number of aromatic amines is 1. The molecule has 0 unspecified atom stereocenters. The van der Waals surface area contributed by atoms with E-state index in [4.69, 9.17) is 0 Å². The van der Waals surface area contributed by atoms with Crippen molar-refractivity contribution in [1.82, 2.24) is 10.2 Å². The third-order valence-corrected chi connectivity index (χ3v) is 5.67. The van der Waals surface area contributed by atoms with Crippen molar-refractivity contribution in [3.8, 4) is 17.0 Å². The van der Waals surface area contributed by atoms with E-state index < -0.39 is 12.0 Å². The lowest BCUT2D eigenvalue weighted by Crippen LogP contribution is -2.29. The Morgan fingerprint density at radius 2 is 1.75 bits per heavy atom. The Hall–Kier alpha value is -4.39. The van der Waals surface area contributed by atoms with Gasteiger partial charge in [-0.25, -0.2) is 4.79 Å². The maximum atomic E-state index is 13.5. The van der Waals surface area contributed by atoms with Gasteiger partial charge in [0.15, 0.2) is 0 Å². The van der Waals surface area contributed by atoms with Crippen LogP contribution in [0.15, 0.2) is 72.8 Å². The van der Waals surface area contributed by atoms with E-state index in [1.165, 1.54) is 12.1 Å². The number of aryl methyl sites for hydroxylation is 1. The standard InChI is InChI=1S/C25H19N3O4/c1-14-5-7-15(8-6-14)21-20-22(27-26-21)24(30)28(18-11-9-16(10-12-18)25(31)32)23(20)17-3-2-4-19(29)13-17/h2-13,23,29H,1H3,(H,26,27)(H,31,32)/t23-/m1/s1. The summed E-state index contributed by atoms with van der Waals surface area (Å²) in [5.41, 5.74) is 5.13. The Bertz CT molecular complexity index is 1340. The number of rotatable bonds is 4. The first kappa shape index (κ1) is 19.6. The summed E-state index contributed by atoms with van der Waals surface area (Å²) in [5.74, 6) is -1.22. The van der Waals surface area contributed by atoms with Crippen LogP contribution >= 0.6 is 0 Å². The zero-order valence-electron chi connectivity index (χ0n) is 17.1. The van der Waals surface area contributed by atoms with Gasteiger partial charge >= 0.3 is 5.97 Å². The number of benzene rings is 3. The molecule has 0 saturated heterocycles. The number of nitrogens with zero attached hydrogens (tertiary/aromatic N) is 2. The van der Waals surface area contributed by atoms with E-state index in [2.05, 4.69) is 10.2 Å². The highest BCUT2D eigenvalue weighted by molar-refractivity contribution is 6.12. The lowest BCUT2D eigenvalue weighted by Gasteiger charge is -2.26. The molecular weight excluding hydrogens is 406 g/mol. The number of hydrogen-bond acceptors (Lipinski definition) is 4. The second-order valence-electron chi connectivity index (χ2n) is 7.75. The van der Waals surface area contributed by atoms with Crippen LogP contribution in [-0.2, 0) is 0 Å². The second-order valence-corrected chi connectivity index (χ2v) is 7.75. The van der Waals surface area contributed by atoms with Gasteiger partial charge in [0.1, 0.15) is 11.4 Å². The van der Waals surface area contributed by atoms with Crippen molar-refractivity contribution in [2.45, 2.75) is 13.0 Å². The lowest BCUT2D eigenvalue weighted by molar-refractivity contribution is 0.0696. The summed E-state index contributed by atoms with van der Waals surface area (Å²) in [6, 6.07) is 20.3. The van der Waals surface area contributed by atoms with E-state index in [1.807, 2.05) is 37.3 Å². The van der Waals surface area contributed by atoms with Crippen molar-refractivity contribution >= 4 is 17.6 Å². The van der Waals surface area contributed by atoms with Crippen molar-refractivity contribution in [2.24, 2.45) is 0 Å². The highest BCUT2D eigenvalue weighted by Gasteiger charge is 2.43. The van der Waals surface area contributed by atoms with E-state index in [-0.39, 0.29) is 17.2 Å². The van der Waals surface area contributed by atoms with Crippen molar-refractivity contribution in [3.05, 3.63) is 101 Å². The molecule has 2 heterocycles. The Morgan fingerprint density at radius 3 is 2.41 bits per heavy atom. The van der Waals surface area contributed by atoms with E-state index in [0.29, 0.717) is 28.2 Å². The van der Waals surface area contributed by atoms with Crippen LogP contribution in [0, 0.1) is 6.92 Å². The van der Waals surface area contributed by atoms with E-state index in [9.17, 15) is 19.8 Å². The van der Waals surface area contributed by atoms with Gasteiger partial charge in [-0.05, 0) is 48.9 Å². The second kappa shape index (κ2) is 7.39. The summed E-state index contributed by atoms with van der Waals surface area (Å²) in [7, 11) is 0. The molecule has 0 radical (unpaired) electrons. The summed E-state index contributed by atoms with van der Waals surface area (Å²) in [5, 5.41) is 26.7. The predicted octanol–water partition coefficient (Wildman–Crippen LogP) is 4.54. The Morgan fingerprint density at radius 1 is 1.03 bits per heavy atom. The average Bonchev–Trinajstić information content (AvgIpc) is 3.33. The zero-order chi connectivity index (χ0) is 22.4. The van der Waals surface area contributed by atoms with Crippen LogP contribution in [0.4, 0.5) is 5.69 Å². The molecule has 0 spiro atoms. The Labute approximate surface area is 183 Å². The normalized spacial score (nSPS) is 15.1. The van der Waals surface area contributed by atoms with Gasteiger partial charge in [0.2, 0.25) is 0 Å². The molecule has 1 atom stereocenters. The highest BCUT2D eigenvalue weighted by atomic mass is 16.4. The molecule has 5 rings (SSSR count). The predicted molar refractivity (Wildman–Crippen MR) is 119 cm³/mol. The molecule has 1 amide bonds. The van der Waals surface area contributed by atoms with Crippen molar-refractivity contribution in [1.29, 1.82) is 0 Å². The number of carbonyl (C=O) groups excluding carboxylic acids is 1. The monoisotopic (exact) mass is 425 g/mol. The molecule has 7 heteroatoms. The fourth-order valence-electron chi connectivity index (χ4n) is 4.12. The molecule has 0 bridgehead atoms. The number of carbonyl (C=O) groups is 2. The van der Waals surface area contributed by atoms with E-state index in [1.54, 1.807) is 35.2 Å². The smallest absolute Gasteiger partial charge is 0.335 e. The number of phenols is 1. The lowest BCUT2D eigenvalue weighted by atomic mass is 9.95. The zero-order valence-corrected chi connectivity index (χ0v) is 17.1.